The molecule has 11 heteroatoms. The number of nitrogens with zero attached hydrogens (tertiary/aromatic N) is 5. The average Bonchev–Trinajstić information content (AvgIpc) is 3.79. The summed E-state index contributed by atoms with van der Waals surface area (Å²) in [5.41, 5.74) is 1.77. The van der Waals surface area contributed by atoms with E-state index in [1.54, 1.807) is 35.0 Å². The van der Waals surface area contributed by atoms with Crippen LogP contribution in [0.4, 0.5) is 8.78 Å². The van der Waals surface area contributed by atoms with Crippen molar-refractivity contribution in [2.45, 2.75) is 44.1 Å². The van der Waals surface area contributed by atoms with E-state index in [1.807, 2.05) is 13.2 Å². The Morgan fingerprint density at radius 3 is 2.54 bits per heavy atom. The van der Waals surface area contributed by atoms with Crippen molar-refractivity contribution in [2.75, 3.05) is 0 Å². The molecule has 2 aliphatic carbocycles. The zero-order valence-corrected chi connectivity index (χ0v) is 20.5. The number of aryl methyl sites for hydroxylation is 1. The van der Waals surface area contributed by atoms with Gasteiger partial charge in [0.1, 0.15) is 10.4 Å². The zero-order chi connectivity index (χ0) is 25.4. The standard InChI is InChI=1S/C26H21F2N5O3S/c1-31-12-15-10-16(6-8-19(15)30-31)32-24(34)21-22(29-23(37-21)14-4-5-14)33(26(32)35)20-9-7-17(36-25(27)28)11-18(20)13-2-3-13/h6-14,25H,2-5H2,1H3. The van der Waals surface area contributed by atoms with Gasteiger partial charge in [-0.15, -0.1) is 11.3 Å². The Hall–Kier alpha value is -3.86. The number of thiazole rings is 1. The maximum Gasteiger partial charge on any atom is 0.387 e. The fourth-order valence-electron chi connectivity index (χ4n) is 4.86. The second kappa shape index (κ2) is 8.07. The molecular formula is C26H21F2N5O3S. The van der Waals surface area contributed by atoms with E-state index in [0.29, 0.717) is 27.6 Å². The van der Waals surface area contributed by atoms with Crippen molar-refractivity contribution < 1.29 is 13.5 Å². The summed E-state index contributed by atoms with van der Waals surface area (Å²) in [5, 5.41) is 6.02. The molecule has 188 valence electrons. The molecular weight excluding hydrogens is 500 g/mol. The third kappa shape index (κ3) is 3.76. The van der Waals surface area contributed by atoms with Crippen LogP contribution in [0.2, 0.25) is 0 Å². The van der Waals surface area contributed by atoms with E-state index in [2.05, 4.69) is 9.84 Å². The van der Waals surface area contributed by atoms with Gasteiger partial charge in [-0.3, -0.25) is 9.48 Å². The normalized spacial score (nSPS) is 15.8. The molecule has 0 aliphatic heterocycles. The van der Waals surface area contributed by atoms with E-state index >= 15 is 0 Å². The lowest BCUT2D eigenvalue weighted by molar-refractivity contribution is -0.0498. The number of ether oxygens (including phenoxy) is 1. The first-order chi connectivity index (χ1) is 17.9. The molecule has 0 atom stereocenters. The van der Waals surface area contributed by atoms with Crippen LogP contribution in [0.5, 0.6) is 5.75 Å². The Labute approximate surface area is 212 Å². The Kier molecular flexibility index (Phi) is 4.87. The molecule has 0 N–H and O–H groups in total. The number of hydrogen-bond donors (Lipinski definition) is 0. The van der Waals surface area contributed by atoms with E-state index in [0.717, 1.165) is 47.2 Å². The van der Waals surface area contributed by atoms with Gasteiger partial charge in [-0.2, -0.15) is 13.9 Å². The smallest absolute Gasteiger partial charge is 0.387 e. The quantitative estimate of drug-likeness (QED) is 0.319. The average molecular weight is 522 g/mol. The zero-order valence-electron chi connectivity index (χ0n) is 19.7. The molecule has 0 bridgehead atoms. The minimum absolute atomic E-state index is 0.0391. The maximum atomic E-state index is 14.1. The van der Waals surface area contributed by atoms with E-state index in [1.165, 1.54) is 26.5 Å². The molecule has 0 unspecified atom stereocenters. The Bertz CT molecular complexity index is 1830. The molecule has 37 heavy (non-hydrogen) atoms. The minimum atomic E-state index is -2.95. The second-order valence-corrected chi connectivity index (χ2v) is 10.7. The first kappa shape index (κ1) is 22.3. The lowest BCUT2D eigenvalue weighted by atomic mass is 10.1. The number of alkyl halides is 2. The lowest BCUT2D eigenvalue weighted by Crippen LogP contribution is -2.38. The first-order valence-electron chi connectivity index (χ1n) is 12.1. The molecule has 2 aromatic carbocycles. The van der Waals surface area contributed by atoms with Gasteiger partial charge < -0.3 is 4.74 Å². The maximum absolute atomic E-state index is 14.1. The highest BCUT2D eigenvalue weighted by Gasteiger charge is 2.32. The molecule has 0 radical (unpaired) electrons. The van der Waals surface area contributed by atoms with Crippen molar-refractivity contribution in [3.05, 3.63) is 74.0 Å². The summed E-state index contributed by atoms with van der Waals surface area (Å²) in [4.78, 5) is 32.6. The fraction of sp³-hybridized carbons (Fsp3) is 0.308. The van der Waals surface area contributed by atoms with Crippen LogP contribution in [0.15, 0.2) is 52.2 Å². The number of benzene rings is 2. The summed E-state index contributed by atoms with van der Waals surface area (Å²) < 4.78 is 35.2. The SMILES string of the molecule is Cn1cc2cc(-n3c(=O)c4sc(C5CC5)nc4n(-c4ccc(OC(F)F)cc4C4CC4)c3=O)ccc2n1. The van der Waals surface area contributed by atoms with Crippen LogP contribution in [-0.2, 0) is 7.05 Å². The van der Waals surface area contributed by atoms with Crippen molar-refractivity contribution in [1.82, 2.24) is 23.9 Å². The van der Waals surface area contributed by atoms with Crippen molar-refractivity contribution in [1.29, 1.82) is 0 Å². The molecule has 8 nitrogen and oxygen atoms in total. The molecule has 3 heterocycles. The van der Waals surface area contributed by atoms with Crippen molar-refractivity contribution >= 4 is 32.6 Å². The molecule has 5 aromatic rings. The van der Waals surface area contributed by atoms with Gasteiger partial charge in [0, 0.05) is 24.5 Å². The summed E-state index contributed by atoms with van der Waals surface area (Å²) in [6.45, 7) is -2.95. The number of hydrogen-bond acceptors (Lipinski definition) is 6. The second-order valence-electron chi connectivity index (χ2n) is 9.66. The van der Waals surface area contributed by atoms with Crippen LogP contribution in [0, 0.1) is 0 Å². The van der Waals surface area contributed by atoms with Gasteiger partial charge in [0.2, 0.25) is 0 Å². The summed E-state index contributed by atoms with van der Waals surface area (Å²) in [6.07, 6.45) is 5.59. The van der Waals surface area contributed by atoms with Gasteiger partial charge in [-0.1, -0.05) is 0 Å². The molecule has 2 fully saturated rings. The summed E-state index contributed by atoms with van der Waals surface area (Å²) in [5.74, 6) is 0.453. The molecule has 7 rings (SSSR count). The van der Waals surface area contributed by atoms with Gasteiger partial charge in [0.05, 0.1) is 21.9 Å². The van der Waals surface area contributed by atoms with Crippen molar-refractivity contribution in [3.63, 3.8) is 0 Å². The monoisotopic (exact) mass is 521 g/mol. The van der Waals surface area contributed by atoms with Gasteiger partial charge in [0.15, 0.2) is 5.65 Å². The third-order valence-corrected chi connectivity index (χ3v) is 8.08. The predicted molar refractivity (Wildman–Crippen MR) is 136 cm³/mol. The number of halogens is 2. The molecule has 2 aliphatic rings. The highest BCUT2D eigenvalue weighted by molar-refractivity contribution is 7.18. The van der Waals surface area contributed by atoms with Crippen LogP contribution in [-0.4, -0.2) is 30.5 Å². The van der Waals surface area contributed by atoms with Crippen LogP contribution in [0.3, 0.4) is 0 Å². The van der Waals surface area contributed by atoms with Gasteiger partial charge in [-0.25, -0.2) is 18.9 Å². The number of fused-ring (bicyclic) bond motifs is 2. The molecule has 0 spiro atoms. The Morgan fingerprint density at radius 2 is 1.81 bits per heavy atom. The molecule has 2 saturated carbocycles. The van der Waals surface area contributed by atoms with Crippen molar-refractivity contribution in [2.24, 2.45) is 7.05 Å². The molecule has 0 saturated heterocycles. The molecule has 0 amide bonds. The van der Waals surface area contributed by atoms with E-state index in [4.69, 9.17) is 4.98 Å². The third-order valence-electron chi connectivity index (χ3n) is 6.89. The molecule has 3 aromatic heterocycles. The van der Waals surface area contributed by atoms with E-state index in [9.17, 15) is 18.4 Å². The van der Waals surface area contributed by atoms with Crippen molar-refractivity contribution in [3.8, 4) is 17.1 Å². The lowest BCUT2D eigenvalue weighted by Gasteiger charge is -2.16. The Balaban J connectivity index is 1.52. The highest BCUT2D eigenvalue weighted by atomic mass is 32.1. The summed E-state index contributed by atoms with van der Waals surface area (Å²) in [6, 6.07) is 9.87. The summed E-state index contributed by atoms with van der Waals surface area (Å²) >= 11 is 1.33. The van der Waals surface area contributed by atoms with Gasteiger partial charge in [-0.05, 0) is 73.6 Å². The van der Waals surface area contributed by atoms with Crippen LogP contribution >= 0.6 is 11.3 Å². The number of aromatic nitrogens is 5. The van der Waals surface area contributed by atoms with E-state index < -0.39 is 17.9 Å². The minimum Gasteiger partial charge on any atom is -0.435 e. The highest BCUT2D eigenvalue weighted by Crippen LogP contribution is 2.45. The van der Waals surface area contributed by atoms with Crippen LogP contribution in [0.1, 0.15) is 48.1 Å². The van der Waals surface area contributed by atoms with Gasteiger partial charge in [0.25, 0.3) is 5.56 Å². The summed E-state index contributed by atoms with van der Waals surface area (Å²) in [7, 11) is 1.81. The number of rotatable bonds is 6. The topological polar surface area (TPSA) is 83.9 Å². The van der Waals surface area contributed by atoms with Crippen LogP contribution in [0.25, 0.3) is 32.6 Å². The Morgan fingerprint density at radius 1 is 1.03 bits per heavy atom. The largest absolute Gasteiger partial charge is 0.435 e. The predicted octanol–water partition coefficient (Wildman–Crippen LogP) is 4.84. The van der Waals surface area contributed by atoms with E-state index in [-0.39, 0.29) is 11.7 Å². The fourth-order valence-corrected chi connectivity index (χ4v) is 6.01. The van der Waals surface area contributed by atoms with Gasteiger partial charge >= 0.3 is 12.3 Å². The first-order valence-corrected chi connectivity index (χ1v) is 12.9. The van der Waals surface area contributed by atoms with Crippen LogP contribution < -0.4 is 16.0 Å².